The maximum absolute atomic E-state index is 3.70. The molecular weight excluding hydrogens is 258 g/mol. The molecule has 1 fully saturated rings. The van der Waals surface area contributed by atoms with Gasteiger partial charge in [-0.15, -0.1) is 0 Å². The molecule has 1 unspecified atom stereocenters. The highest BCUT2D eigenvalue weighted by Crippen LogP contribution is 2.37. The topological polar surface area (TPSA) is 18.5 Å². The molecule has 3 nitrogen and oxygen atoms in total. The Kier molecular flexibility index (Phi) is 4.34. The molecule has 21 heavy (non-hydrogen) atoms. The third-order valence-electron chi connectivity index (χ3n) is 5.51. The first kappa shape index (κ1) is 15.0. The number of hydrogen-bond acceptors (Lipinski definition) is 3. The van der Waals surface area contributed by atoms with Gasteiger partial charge in [-0.3, -0.25) is 0 Å². The minimum atomic E-state index is 0.420. The van der Waals surface area contributed by atoms with Crippen molar-refractivity contribution in [2.24, 2.45) is 0 Å². The van der Waals surface area contributed by atoms with Gasteiger partial charge in [0.05, 0.1) is 0 Å². The molecule has 1 aliphatic heterocycles. The molecule has 0 spiro atoms. The van der Waals surface area contributed by atoms with E-state index in [1.165, 1.54) is 36.9 Å². The van der Waals surface area contributed by atoms with Crippen molar-refractivity contribution >= 4 is 0 Å². The summed E-state index contributed by atoms with van der Waals surface area (Å²) >= 11 is 0. The maximum Gasteiger partial charge on any atom is 0.0452 e. The number of hydrogen-bond donors (Lipinski definition) is 1. The number of fused-ring (bicyclic) bond motifs is 1. The van der Waals surface area contributed by atoms with Gasteiger partial charge in [0.2, 0.25) is 0 Å². The fraction of sp³-hybridized carbons (Fsp3) is 0.667. The molecule has 1 aliphatic carbocycles. The lowest BCUT2D eigenvalue weighted by atomic mass is 9.75. The smallest absolute Gasteiger partial charge is 0.0452 e. The molecular formula is C18H29N3. The molecule has 1 aromatic carbocycles. The average Bonchev–Trinajstić information content (AvgIpc) is 2.43. The highest BCUT2D eigenvalue weighted by Gasteiger charge is 2.40. The molecule has 1 heterocycles. The number of benzene rings is 1. The first-order valence-corrected chi connectivity index (χ1v) is 8.28. The Labute approximate surface area is 129 Å². The van der Waals surface area contributed by atoms with E-state index in [-0.39, 0.29) is 0 Å². The van der Waals surface area contributed by atoms with Crippen LogP contribution in [0.1, 0.15) is 36.4 Å². The predicted molar refractivity (Wildman–Crippen MR) is 88.7 cm³/mol. The van der Waals surface area contributed by atoms with Crippen LogP contribution < -0.4 is 5.32 Å². The summed E-state index contributed by atoms with van der Waals surface area (Å²) in [6.07, 6.45) is 5.24. The molecule has 0 radical (unpaired) electrons. The molecule has 0 aromatic heterocycles. The van der Waals surface area contributed by atoms with Gasteiger partial charge in [-0.05, 0) is 64.5 Å². The van der Waals surface area contributed by atoms with Crippen molar-refractivity contribution in [1.29, 1.82) is 0 Å². The lowest BCUT2D eigenvalue weighted by molar-refractivity contribution is 0.0254. The highest BCUT2D eigenvalue weighted by atomic mass is 15.2. The lowest BCUT2D eigenvalue weighted by Gasteiger charge is -2.49. The molecule has 3 heteroatoms. The average molecular weight is 287 g/mol. The van der Waals surface area contributed by atoms with E-state index in [4.69, 9.17) is 0 Å². The van der Waals surface area contributed by atoms with E-state index in [2.05, 4.69) is 60.5 Å². The number of likely N-dealkylation sites (N-methyl/N-ethyl adjacent to an activating group) is 2. The minimum absolute atomic E-state index is 0.420. The third-order valence-corrected chi connectivity index (χ3v) is 5.51. The number of rotatable bonds is 5. The van der Waals surface area contributed by atoms with E-state index in [0.29, 0.717) is 11.6 Å². The van der Waals surface area contributed by atoms with Gasteiger partial charge in [0.25, 0.3) is 0 Å². The molecule has 2 aliphatic rings. The molecule has 3 rings (SSSR count). The monoisotopic (exact) mass is 287 g/mol. The van der Waals surface area contributed by atoms with Crippen LogP contribution in [0.4, 0.5) is 0 Å². The van der Waals surface area contributed by atoms with Crippen molar-refractivity contribution in [3.63, 3.8) is 0 Å². The van der Waals surface area contributed by atoms with Crippen LogP contribution in [0, 0.1) is 0 Å². The van der Waals surface area contributed by atoms with Crippen LogP contribution in [0.3, 0.4) is 0 Å². The van der Waals surface area contributed by atoms with Crippen LogP contribution in [0.5, 0.6) is 0 Å². The molecule has 0 saturated heterocycles. The van der Waals surface area contributed by atoms with E-state index in [1.807, 2.05) is 0 Å². The Hall–Kier alpha value is -0.900. The Morgan fingerprint density at radius 1 is 1.19 bits per heavy atom. The first-order chi connectivity index (χ1) is 10.1. The Morgan fingerprint density at radius 3 is 2.62 bits per heavy atom. The summed E-state index contributed by atoms with van der Waals surface area (Å²) in [4.78, 5) is 4.97. The van der Waals surface area contributed by atoms with Crippen molar-refractivity contribution in [2.75, 3.05) is 40.8 Å². The van der Waals surface area contributed by atoms with Crippen LogP contribution in [-0.4, -0.2) is 56.1 Å². The van der Waals surface area contributed by atoms with Gasteiger partial charge < -0.3 is 15.1 Å². The molecule has 1 atom stereocenters. The molecule has 1 aromatic rings. The quantitative estimate of drug-likeness (QED) is 0.896. The molecule has 0 bridgehead atoms. The van der Waals surface area contributed by atoms with Gasteiger partial charge >= 0.3 is 0 Å². The fourth-order valence-electron chi connectivity index (χ4n) is 3.97. The lowest BCUT2D eigenvalue weighted by Crippen LogP contribution is -2.57. The second kappa shape index (κ2) is 6.07. The number of nitrogens with one attached hydrogen (secondary N) is 1. The van der Waals surface area contributed by atoms with Gasteiger partial charge in [0, 0.05) is 24.7 Å². The summed E-state index contributed by atoms with van der Waals surface area (Å²) in [5.41, 5.74) is 3.45. The zero-order chi connectivity index (χ0) is 14.9. The summed E-state index contributed by atoms with van der Waals surface area (Å²) in [6.45, 7) is 3.39. The van der Waals surface area contributed by atoms with E-state index >= 15 is 0 Å². The fourth-order valence-corrected chi connectivity index (χ4v) is 3.97. The van der Waals surface area contributed by atoms with Crippen molar-refractivity contribution in [3.8, 4) is 0 Å². The second-order valence-corrected chi connectivity index (χ2v) is 7.12. The van der Waals surface area contributed by atoms with Crippen LogP contribution in [0.25, 0.3) is 0 Å². The summed E-state index contributed by atoms with van der Waals surface area (Å²) < 4.78 is 0. The summed E-state index contributed by atoms with van der Waals surface area (Å²) in [7, 11) is 6.75. The normalized spacial score (nSPS) is 24.0. The third kappa shape index (κ3) is 3.01. The SMILES string of the molecule is CN(CC1NCCc2ccccc21)CC1(N(C)C)CCC1. The van der Waals surface area contributed by atoms with Crippen molar-refractivity contribution in [1.82, 2.24) is 15.1 Å². The Balaban J connectivity index is 1.64. The first-order valence-electron chi connectivity index (χ1n) is 8.28. The van der Waals surface area contributed by atoms with Crippen LogP contribution in [-0.2, 0) is 6.42 Å². The van der Waals surface area contributed by atoms with Gasteiger partial charge in [0.1, 0.15) is 0 Å². The van der Waals surface area contributed by atoms with Gasteiger partial charge in [0.15, 0.2) is 0 Å². The van der Waals surface area contributed by atoms with E-state index < -0.39 is 0 Å². The highest BCUT2D eigenvalue weighted by molar-refractivity contribution is 5.32. The maximum atomic E-state index is 3.70. The van der Waals surface area contributed by atoms with E-state index in [1.54, 1.807) is 0 Å². The van der Waals surface area contributed by atoms with Crippen molar-refractivity contribution in [2.45, 2.75) is 37.3 Å². The molecule has 1 N–H and O–H groups in total. The van der Waals surface area contributed by atoms with Crippen LogP contribution in [0.2, 0.25) is 0 Å². The van der Waals surface area contributed by atoms with Crippen molar-refractivity contribution < 1.29 is 0 Å². The second-order valence-electron chi connectivity index (χ2n) is 7.12. The van der Waals surface area contributed by atoms with Crippen molar-refractivity contribution in [3.05, 3.63) is 35.4 Å². The Morgan fingerprint density at radius 2 is 1.95 bits per heavy atom. The van der Waals surface area contributed by atoms with Gasteiger partial charge in [-0.1, -0.05) is 24.3 Å². The predicted octanol–water partition coefficient (Wildman–Crippen LogP) is 2.29. The molecule has 0 amide bonds. The molecule has 116 valence electrons. The molecule has 1 saturated carbocycles. The Bertz CT molecular complexity index is 479. The van der Waals surface area contributed by atoms with E-state index in [0.717, 1.165) is 19.5 Å². The zero-order valence-electron chi connectivity index (χ0n) is 13.7. The summed E-state index contributed by atoms with van der Waals surface area (Å²) in [5.74, 6) is 0. The minimum Gasteiger partial charge on any atom is -0.309 e. The summed E-state index contributed by atoms with van der Waals surface area (Å²) in [5, 5.41) is 3.70. The zero-order valence-corrected chi connectivity index (χ0v) is 13.7. The van der Waals surface area contributed by atoms with Crippen LogP contribution in [0.15, 0.2) is 24.3 Å². The standard InChI is InChI=1S/C18H29N3/c1-20(2)18(10-6-11-18)14-21(3)13-17-16-8-5-4-7-15(16)9-12-19-17/h4-5,7-8,17,19H,6,9-14H2,1-3H3. The van der Waals surface area contributed by atoms with Gasteiger partial charge in [-0.25, -0.2) is 0 Å². The van der Waals surface area contributed by atoms with Gasteiger partial charge in [-0.2, -0.15) is 0 Å². The van der Waals surface area contributed by atoms with Crippen LogP contribution >= 0.6 is 0 Å². The number of nitrogens with zero attached hydrogens (tertiary/aromatic N) is 2. The van der Waals surface area contributed by atoms with E-state index in [9.17, 15) is 0 Å². The largest absolute Gasteiger partial charge is 0.309 e. The summed E-state index contributed by atoms with van der Waals surface area (Å²) in [6, 6.07) is 9.41.